The molecule has 2 aromatic carbocycles. The van der Waals surface area contributed by atoms with Gasteiger partial charge in [-0.15, -0.1) is 0 Å². The maximum atomic E-state index is 11.2. The van der Waals surface area contributed by atoms with Crippen LogP contribution in [-0.4, -0.2) is 29.1 Å². The van der Waals surface area contributed by atoms with Gasteiger partial charge in [-0.05, 0) is 50.9 Å². The molecule has 1 heterocycles. The third-order valence-electron chi connectivity index (χ3n) is 4.96. The minimum absolute atomic E-state index is 0.194. The van der Waals surface area contributed by atoms with Crippen LogP contribution in [0.3, 0.4) is 0 Å². The van der Waals surface area contributed by atoms with Gasteiger partial charge in [-0.25, -0.2) is 0 Å². The number of rotatable bonds is 4. The molecule has 0 aromatic heterocycles. The maximum Gasteiger partial charge on any atom is 0.306 e. The van der Waals surface area contributed by atoms with E-state index in [-0.39, 0.29) is 12.0 Å². The normalized spacial score (nSPS) is 16.5. The summed E-state index contributed by atoms with van der Waals surface area (Å²) in [6.45, 7) is 5.88. The Morgan fingerprint density at radius 1 is 1.00 bits per heavy atom. The molecule has 0 radical (unpaired) electrons. The average molecular weight is 323 g/mol. The van der Waals surface area contributed by atoms with Gasteiger partial charge in [0.05, 0.1) is 12.0 Å². The van der Waals surface area contributed by atoms with E-state index in [2.05, 4.69) is 67.3 Å². The van der Waals surface area contributed by atoms with Crippen molar-refractivity contribution in [1.29, 1.82) is 0 Å². The van der Waals surface area contributed by atoms with Crippen molar-refractivity contribution < 1.29 is 9.90 Å². The fraction of sp³-hybridized carbons (Fsp3) is 0.381. The minimum atomic E-state index is -0.655. The Morgan fingerprint density at radius 3 is 1.92 bits per heavy atom. The first-order valence-electron chi connectivity index (χ1n) is 8.64. The minimum Gasteiger partial charge on any atom is -0.481 e. The van der Waals surface area contributed by atoms with Crippen LogP contribution in [0.15, 0.2) is 48.5 Å². The molecule has 1 N–H and O–H groups in total. The van der Waals surface area contributed by atoms with Crippen LogP contribution in [-0.2, 0) is 4.79 Å². The number of piperidine rings is 1. The van der Waals surface area contributed by atoms with E-state index in [9.17, 15) is 9.90 Å². The average Bonchev–Trinajstić information content (AvgIpc) is 2.56. The highest BCUT2D eigenvalue weighted by molar-refractivity contribution is 5.70. The van der Waals surface area contributed by atoms with Crippen LogP contribution in [0, 0.1) is 19.8 Å². The number of hydrogen-bond acceptors (Lipinski definition) is 2. The second kappa shape index (κ2) is 7.18. The predicted octanol–water partition coefficient (Wildman–Crippen LogP) is 4.19. The van der Waals surface area contributed by atoms with Gasteiger partial charge < -0.3 is 5.11 Å². The summed E-state index contributed by atoms with van der Waals surface area (Å²) in [4.78, 5) is 13.7. The van der Waals surface area contributed by atoms with E-state index in [4.69, 9.17) is 0 Å². The SMILES string of the molecule is Cc1cccc(C(c2cccc(C)c2)N2CCC(C(=O)O)CC2)c1. The first-order chi connectivity index (χ1) is 11.5. The van der Waals surface area contributed by atoms with Gasteiger partial charge in [0, 0.05) is 0 Å². The summed E-state index contributed by atoms with van der Waals surface area (Å²) in [6, 6.07) is 17.5. The second-order valence-electron chi connectivity index (χ2n) is 6.88. The second-order valence-corrected chi connectivity index (χ2v) is 6.88. The Morgan fingerprint density at radius 2 is 1.50 bits per heavy atom. The Hall–Kier alpha value is -2.13. The highest BCUT2D eigenvalue weighted by Crippen LogP contribution is 2.33. The van der Waals surface area contributed by atoms with Crippen molar-refractivity contribution in [2.24, 2.45) is 5.92 Å². The van der Waals surface area contributed by atoms with Gasteiger partial charge in [0.15, 0.2) is 0 Å². The first kappa shape index (κ1) is 16.7. The number of carboxylic acid groups (broad SMARTS) is 1. The van der Waals surface area contributed by atoms with Crippen LogP contribution in [0.25, 0.3) is 0 Å². The fourth-order valence-electron chi connectivity index (χ4n) is 3.70. The number of hydrogen-bond donors (Lipinski definition) is 1. The molecule has 0 spiro atoms. The molecule has 3 rings (SSSR count). The lowest BCUT2D eigenvalue weighted by Crippen LogP contribution is -2.39. The van der Waals surface area contributed by atoms with Crippen molar-refractivity contribution in [1.82, 2.24) is 4.90 Å². The van der Waals surface area contributed by atoms with Gasteiger partial charge >= 0.3 is 5.97 Å². The summed E-state index contributed by atoms with van der Waals surface area (Å²) >= 11 is 0. The highest BCUT2D eigenvalue weighted by Gasteiger charge is 2.30. The van der Waals surface area contributed by atoms with Crippen LogP contribution in [0.5, 0.6) is 0 Å². The zero-order chi connectivity index (χ0) is 17.1. The summed E-state index contributed by atoms with van der Waals surface area (Å²) < 4.78 is 0. The number of aryl methyl sites for hydroxylation is 2. The lowest BCUT2D eigenvalue weighted by molar-refractivity contribution is -0.143. The molecular formula is C21H25NO2. The highest BCUT2D eigenvalue weighted by atomic mass is 16.4. The summed E-state index contributed by atoms with van der Waals surface area (Å²) in [5.74, 6) is -0.853. The molecule has 1 fully saturated rings. The molecule has 0 unspecified atom stereocenters. The standard InChI is InChI=1S/C21H25NO2/c1-15-5-3-7-18(13-15)20(19-8-4-6-16(2)14-19)22-11-9-17(10-12-22)21(23)24/h3-8,13-14,17,20H,9-12H2,1-2H3,(H,23,24). The monoisotopic (exact) mass is 323 g/mol. The molecule has 0 bridgehead atoms. The molecule has 24 heavy (non-hydrogen) atoms. The number of aliphatic carboxylic acids is 1. The third-order valence-corrected chi connectivity index (χ3v) is 4.96. The summed E-state index contributed by atoms with van der Waals surface area (Å²) in [5, 5.41) is 9.25. The molecule has 1 aliphatic rings. The van der Waals surface area contributed by atoms with Crippen molar-refractivity contribution in [3.05, 3.63) is 70.8 Å². The maximum absolute atomic E-state index is 11.2. The van der Waals surface area contributed by atoms with Gasteiger partial charge in [-0.3, -0.25) is 9.69 Å². The Labute approximate surface area is 143 Å². The van der Waals surface area contributed by atoms with E-state index in [1.54, 1.807) is 0 Å². The smallest absolute Gasteiger partial charge is 0.306 e. The number of benzene rings is 2. The van der Waals surface area contributed by atoms with E-state index in [1.165, 1.54) is 22.3 Å². The zero-order valence-corrected chi connectivity index (χ0v) is 14.4. The largest absolute Gasteiger partial charge is 0.481 e. The summed E-state index contributed by atoms with van der Waals surface area (Å²) in [5.41, 5.74) is 5.08. The van der Waals surface area contributed by atoms with Crippen LogP contribution < -0.4 is 0 Å². The van der Waals surface area contributed by atoms with Crippen molar-refractivity contribution in [2.45, 2.75) is 32.7 Å². The Bertz CT molecular complexity index is 672. The fourth-order valence-corrected chi connectivity index (χ4v) is 3.70. The molecular weight excluding hydrogens is 298 g/mol. The van der Waals surface area contributed by atoms with Gasteiger partial charge in [0.2, 0.25) is 0 Å². The molecule has 3 heteroatoms. The van der Waals surface area contributed by atoms with E-state index < -0.39 is 5.97 Å². The molecule has 0 atom stereocenters. The Kier molecular flexibility index (Phi) is 5.00. The molecule has 3 nitrogen and oxygen atoms in total. The van der Waals surface area contributed by atoms with Crippen LogP contribution in [0.2, 0.25) is 0 Å². The summed E-state index contributed by atoms with van der Waals surface area (Å²) in [6.07, 6.45) is 1.45. The van der Waals surface area contributed by atoms with E-state index in [0.29, 0.717) is 0 Å². The van der Waals surface area contributed by atoms with Crippen molar-refractivity contribution in [3.8, 4) is 0 Å². The lowest BCUT2D eigenvalue weighted by Gasteiger charge is -2.37. The predicted molar refractivity (Wildman–Crippen MR) is 96.1 cm³/mol. The molecule has 0 saturated carbocycles. The van der Waals surface area contributed by atoms with Crippen LogP contribution in [0.1, 0.15) is 41.1 Å². The van der Waals surface area contributed by atoms with Gasteiger partial charge in [-0.1, -0.05) is 59.7 Å². The molecule has 1 aliphatic heterocycles. The van der Waals surface area contributed by atoms with Crippen LogP contribution >= 0.6 is 0 Å². The van der Waals surface area contributed by atoms with Crippen molar-refractivity contribution in [2.75, 3.05) is 13.1 Å². The first-order valence-corrected chi connectivity index (χ1v) is 8.64. The third kappa shape index (κ3) is 3.68. The van der Waals surface area contributed by atoms with Gasteiger partial charge in [0.25, 0.3) is 0 Å². The van der Waals surface area contributed by atoms with E-state index >= 15 is 0 Å². The molecule has 0 amide bonds. The zero-order valence-electron chi connectivity index (χ0n) is 14.4. The quantitative estimate of drug-likeness (QED) is 0.917. The van der Waals surface area contributed by atoms with Crippen LogP contribution in [0.4, 0.5) is 0 Å². The van der Waals surface area contributed by atoms with Gasteiger partial charge in [0.1, 0.15) is 0 Å². The molecule has 2 aromatic rings. The van der Waals surface area contributed by atoms with E-state index in [0.717, 1.165) is 25.9 Å². The Balaban J connectivity index is 1.93. The number of carbonyl (C=O) groups is 1. The lowest BCUT2D eigenvalue weighted by atomic mass is 9.90. The number of nitrogens with zero attached hydrogens (tertiary/aromatic N) is 1. The van der Waals surface area contributed by atoms with E-state index in [1.807, 2.05) is 0 Å². The molecule has 126 valence electrons. The number of carboxylic acids is 1. The van der Waals surface area contributed by atoms with Crippen molar-refractivity contribution in [3.63, 3.8) is 0 Å². The van der Waals surface area contributed by atoms with Crippen molar-refractivity contribution >= 4 is 5.97 Å². The number of likely N-dealkylation sites (tertiary alicyclic amines) is 1. The summed E-state index contributed by atoms with van der Waals surface area (Å²) in [7, 11) is 0. The molecule has 1 saturated heterocycles. The molecule has 0 aliphatic carbocycles. The van der Waals surface area contributed by atoms with Gasteiger partial charge in [-0.2, -0.15) is 0 Å². The topological polar surface area (TPSA) is 40.5 Å².